The molecule has 3 aromatic rings. The van der Waals surface area contributed by atoms with Crippen LogP contribution >= 0.6 is 0 Å². The predicted molar refractivity (Wildman–Crippen MR) is 89.4 cm³/mol. The van der Waals surface area contributed by atoms with Crippen LogP contribution in [-0.2, 0) is 4.79 Å². The van der Waals surface area contributed by atoms with Crippen LogP contribution in [0.15, 0.2) is 72.8 Å². The van der Waals surface area contributed by atoms with Crippen LogP contribution in [0.5, 0.6) is 11.5 Å². The smallest absolute Gasteiger partial charge is 0.340 e. The minimum Gasteiger partial charge on any atom is -0.508 e. The Bertz CT molecular complexity index is 766. The second-order valence-corrected chi connectivity index (χ2v) is 4.94. The average molecular weight is 310 g/mol. The molecule has 3 aromatic carbocycles. The van der Waals surface area contributed by atoms with Gasteiger partial charge in [-0.2, -0.15) is 0 Å². The number of benzene rings is 3. The van der Waals surface area contributed by atoms with Gasteiger partial charge in [0, 0.05) is 0 Å². The van der Waals surface area contributed by atoms with E-state index >= 15 is 0 Å². The molecule has 0 radical (unpaired) electrons. The lowest BCUT2D eigenvalue weighted by Gasteiger charge is -2.06. The first-order chi connectivity index (χ1) is 11.1. The van der Waals surface area contributed by atoms with Gasteiger partial charge in [-0.1, -0.05) is 48.5 Å². The van der Waals surface area contributed by atoms with Crippen molar-refractivity contribution in [2.24, 2.45) is 0 Å². The van der Waals surface area contributed by atoms with Gasteiger partial charge in [-0.15, -0.1) is 0 Å². The Balaban J connectivity index is 0.000000229. The summed E-state index contributed by atoms with van der Waals surface area (Å²) < 4.78 is 4.99. The standard InChI is InChI=1S/C13H12O3.C6H6O/c1-9(14)13(15)16-12-7-6-10-4-2-3-5-11(10)8-12;7-6-4-2-1-3-5-6/h2-9,14H,1H3;1-5,7H. The Morgan fingerprint density at radius 2 is 1.52 bits per heavy atom. The van der Waals surface area contributed by atoms with E-state index in [2.05, 4.69) is 0 Å². The summed E-state index contributed by atoms with van der Waals surface area (Å²) >= 11 is 0. The van der Waals surface area contributed by atoms with Gasteiger partial charge in [0.15, 0.2) is 0 Å². The summed E-state index contributed by atoms with van der Waals surface area (Å²) in [6.07, 6.45) is -1.11. The molecule has 118 valence electrons. The topological polar surface area (TPSA) is 66.8 Å². The summed E-state index contributed by atoms with van der Waals surface area (Å²) in [5, 5.41) is 19.7. The van der Waals surface area contributed by atoms with Crippen molar-refractivity contribution in [1.29, 1.82) is 0 Å². The molecule has 0 heterocycles. The van der Waals surface area contributed by atoms with Gasteiger partial charge in [-0.3, -0.25) is 0 Å². The molecule has 1 atom stereocenters. The number of rotatable bonds is 2. The van der Waals surface area contributed by atoms with Gasteiger partial charge in [0.1, 0.15) is 17.6 Å². The number of esters is 1. The zero-order valence-corrected chi connectivity index (χ0v) is 12.7. The summed E-state index contributed by atoms with van der Waals surface area (Å²) in [7, 11) is 0. The van der Waals surface area contributed by atoms with E-state index in [4.69, 9.17) is 14.9 Å². The number of hydrogen-bond acceptors (Lipinski definition) is 4. The number of aliphatic hydroxyl groups is 1. The van der Waals surface area contributed by atoms with E-state index in [-0.39, 0.29) is 0 Å². The molecular weight excluding hydrogens is 292 g/mol. The molecule has 0 amide bonds. The second-order valence-electron chi connectivity index (χ2n) is 4.94. The highest BCUT2D eigenvalue weighted by atomic mass is 16.5. The molecule has 0 spiro atoms. The molecule has 4 nitrogen and oxygen atoms in total. The minimum atomic E-state index is -1.11. The zero-order chi connectivity index (χ0) is 16.7. The summed E-state index contributed by atoms with van der Waals surface area (Å²) in [6.45, 7) is 1.38. The lowest BCUT2D eigenvalue weighted by Crippen LogP contribution is -2.22. The van der Waals surface area contributed by atoms with Crippen LogP contribution in [0.2, 0.25) is 0 Å². The number of carbonyl (C=O) groups excluding carboxylic acids is 1. The molecule has 0 aliphatic heterocycles. The van der Waals surface area contributed by atoms with Crippen molar-refractivity contribution in [3.8, 4) is 11.5 Å². The maximum absolute atomic E-state index is 11.2. The Hall–Kier alpha value is -2.85. The molecule has 2 N–H and O–H groups in total. The van der Waals surface area contributed by atoms with Gasteiger partial charge in [0.25, 0.3) is 0 Å². The van der Waals surface area contributed by atoms with E-state index in [9.17, 15) is 4.79 Å². The first-order valence-electron chi connectivity index (χ1n) is 7.19. The first kappa shape index (κ1) is 16.5. The highest BCUT2D eigenvalue weighted by Crippen LogP contribution is 2.20. The Morgan fingerprint density at radius 3 is 2.09 bits per heavy atom. The number of phenolic OH excluding ortho intramolecular Hbond substituents is 1. The molecule has 0 bridgehead atoms. The number of ether oxygens (including phenoxy) is 1. The van der Waals surface area contributed by atoms with Crippen molar-refractivity contribution in [2.45, 2.75) is 13.0 Å². The molecule has 1 unspecified atom stereocenters. The van der Waals surface area contributed by atoms with Crippen molar-refractivity contribution >= 4 is 16.7 Å². The van der Waals surface area contributed by atoms with E-state index in [1.807, 2.05) is 36.4 Å². The van der Waals surface area contributed by atoms with Crippen LogP contribution in [0.4, 0.5) is 0 Å². The predicted octanol–water partition coefficient (Wildman–Crippen LogP) is 3.52. The number of para-hydroxylation sites is 1. The number of fused-ring (bicyclic) bond motifs is 1. The van der Waals surface area contributed by atoms with Crippen molar-refractivity contribution in [2.75, 3.05) is 0 Å². The highest BCUT2D eigenvalue weighted by Gasteiger charge is 2.11. The van der Waals surface area contributed by atoms with Crippen LogP contribution in [0.25, 0.3) is 10.8 Å². The van der Waals surface area contributed by atoms with Crippen LogP contribution < -0.4 is 4.74 Å². The molecule has 0 saturated carbocycles. The van der Waals surface area contributed by atoms with E-state index in [1.54, 1.807) is 36.4 Å². The maximum Gasteiger partial charge on any atom is 0.340 e. The number of carbonyl (C=O) groups is 1. The Kier molecular flexibility index (Phi) is 5.72. The average Bonchev–Trinajstić information content (AvgIpc) is 2.56. The number of aromatic hydroxyl groups is 1. The molecule has 0 saturated heterocycles. The van der Waals surface area contributed by atoms with Gasteiger partial charge < -0.3 is 14.9 Å². The minimum absolute atomic E-state index is 0.322. The molecule has 0 aliphatic carbocycles. The largest absolute Gasteiger partial charge is 0.508 e. The lowest BCUT2D eigenvalue weighted by molar-refractivity contribution is -0.142. The maximum atomic E-state index is 11.2. The SMILES string of the molecule is CC(O)C(=O)Oc1ccc2ccccc2c1.Oc1ccccc1. The normalized spacial score (nSPS) is 11.2. The van der Waals surface area contributed by atoms with Crippen LogP contribution in [0.3, 0.4) is 0 Å². The third kappa shape index (κ3) is 5.13. The van der Waals surface area contributed by atoms with E-state index in [0.717, 1.165) is 10.8 Å². The van der Waals surface area contributed by atoms with E-state index in [0.29, 0.717) is 11.5 Å². The van der Waals surface area contributed by atoms with Gasteiger partial charge in [0.05, 0.1) is 0 Å². The van der Waals surface area contributed by atoms with Crippen molar-refractivity contribution in [3.63, 3.8) is 0 Å². The molecule has 0 fully saturated rings. The molecule has 23 heavy (non-hydrogen) atoms. The summed E-state index contributed by atoms with van der Waals surface area (Å²) in [5.74, 6) is 0.127. The molecule has 4 heteroatoms. The third-order valence-corrected chi connectivity index (χ3v) is 3.04. The number of aliphatic hydroxyl groups excluding tert-OH is 1. The van der Waals surface area contributed by atoms with Crippen LogP contribution in [0, 0.1) is 0 Å². The molecule has 0 aromatic heterocycles. The van der Waals surface area contributed by atoms with Crippen molar-refractivity contribution in [1.82, 2.24) is 0 Å². The quantitative estimate of drug-likeness (QED) is 0.561. The zero-order valence-electron chi connectivity index (χ0n) is 12.7. The summed E-state index contributed by atoms with van der Waals surface area (Å²) in [6, 6.07) is 21.9. The number of phenols is 1. The van der Waals surface area contributed by atoms with Crippen molar-refractivity contribution in [3.05, 3.63) is 72.8 Å². The monoisotopic (exact) mass is 310 g/mol. The van der Waals surface area contributed by atoms with Gasteiger partial charge in [-0.05, 0) is 42.0 Å². The summed E-state index contributed by atoms with van der Waals surface area (Å²) in [4.78, 5) is 11.2. The lowest BCUT2D eigenvalue weighted by atomic mass is 10.1. The van der Waals surface area contributed by atoms with Crippen LogP contribution in [0.1, 0.15) is 6.92 Å². The van der Waals surface area contributed by atoms with Crippen LogP contribution in [-0.4, -0.2) is 22.3 Å². The van der Waals surface area contributed by atoms with Crippen molar-refractivity contribution < 1.29 is 19.7 Å². The second kappa shape index (κ2) is 7.96. The Morgan fingerprint density at radius 1 is 0.913 bits per heavy atom. The third-order valence-electron chi connectivity index (χ3n) is 3.04. The molecular formula is C19H18O4. The van der Waals surface area contributed by atoms with Gasteiger partial charge >= 0.3 is 5.97 Å². The fraction of sp³-hybridized carbons (Fsp3) is 0.105. The van der Waals surface area contributed by atoms with E-state index in [1.165, 1.54) is 6.92 Å². The van der Waals surface area contributed by atoms with E-state index < -0.39 is 12.1 Å². The molecule has 3 rings (SSSR count). The highest BCUT2D eigenvalue weighted by molar-refractivity contribution is 5.85. The number of hydrogen-bond donors (Lipinski definition) is 2. The van der Waals surface area contributed by atoms with Gasteiger partial charge in [-0.25, -0.2) is 4.79 Å². The molecule has 0 aliphatic rings. The summed E-state index contributed by atoms with van der Waals surface area (Å²) in [5.41, 5.74) is 0. The Labute approximate surface area is 134 Å². The fourth-order valence-corrected chi connectivity index (χ4v) is 1.86. The van der Waals surface area contributed by atoms with Gasteiger partial charge in [0.2, 0.25) is 0 Å². The first-order valence-corrected chi connectivity index (χ1v) is 7.19. The fourth-order valence-electron chi connectivity index (χ4n) is 1.86.